The Labute approximate surface area is 83.5 Å². The van der Waals surface area contributed by atoms with Crippen LogP contribution in [0.25, 0.3) is 0 Å². The highest BCUT2D eigenvalue weighted by molar-refractivity contribution is 5.91. The molecule has 4 nitrogen and oxygen atoms in total. The molecule has 1 aromatic rings. The first kappa shape index (κ1) is 10.8. The number of nitrogens with zero attached hydrogens (tertiary/aromatic N) is 1. The molecule has 0 unspecified atom stereocenters. The molecule has 0 fully saturated rings. The van der Waals surface area contributed by atoms with Crippen molar-refractivity contribution >= 4 is 11.7 Å². The predicted molar refractivity (Wildman–Crippen MR) is 53.9 cm³/mol. The monoisotopic (exact) mass is 197 g/mol. The molecule has 0 aliphatic rings. The number of furan rings is 1. The van der Waals surface area contributed by atoms with Gasteiger partial charge in [-0.3, -0.25) is 4.79 Å². The van der Waals surface area contributed by atoms with Crippen molar-refractivity contribution in [2.45, 2.75) is 6.92 Å². The first-order chi connectivity index (χ1) is 6.65. The molecule has 1 rings (SSSR count). The summed E-state index contributed by atoms with van der Waals surface area (Å²) in [4.78, 5) is 12.9. The third-order valence-electron chi connectivity index (χ3n) is 1.95. The van der Waals surface area contributed by atoms with Gasteiger partial charge in [-0.05, 0) is 6.07 Å². The van der Waals surface area contributed by atoms with E-state index >= 15 is 0 Å². The average Bonchev–Trinajstić information content (AvgIpc) is 2.62. The molecule has 0 atom stereocenters. The topological polar surface area (TPSA) is 42.7 Å². The number of carbonyl (C=O) groups excluding carboxylic acids is 1. The number of methoxy groups -OCH3 is 1. The Kier molecular flexibility index (Phi) is 3.71. The van der Waals surface area contributed by atoms with Crippen LogP contribution in [0.5, 0.6) is 0 Å². The Hall–Kier alpha value is -1.29. The molecule has 0 radical (unpaired) electrons. The number of hydrogen-bond donors (Lipinski definition) is 0. The third kappa shape index (κ3) is 2.60. The van der Waals surface area contributed by atoms with Crippen LogP contribution in [0.1, 0.15) is 17.5 Å². The van der Waals surface area contributed by atoms with Crippen LogP contribution in [0.4, 0.5) is 5.88 Å². The second kappa shape index (κ2) is 4.81. The number of carbonyl (C=O) groups is 1. The van der Waals surface area contributed by atoms with E-state index < -0.39 is 0 Å². The lowest BCUT2D eigenvalue weighted by molar-refractivity contribution is 0.0988. The molecule has 0 saturated carbocycles. The Bertz CT molecular complexity index is 306. The van der Waals surface area contributed by atoms with Crippen LogP contribution >= 0.6 is 0 Å². The number of ketones is 1. The van der Waals surface area contributed by atoms with Gasteiger partial charge in [-0.1, -0.05) is 0 Å². The van der Waals surface area contributed by atoms with Crippen molar-refractivity contribution in [2.24, 2.45) is 0 Å². The van der Waals surface area contributed by atoms with E-state index in [1.165, 1.54) is 6.92 Å². The molecule has 1 aromatic heterocycles. The molecule has 0 aliphatic carbocycles. The number of rotatable bonds is 5. The molecule has 4 heteroatoms. The van der Waals surface area contributed by atoms with Gasteiger partial charge in [-0.2, -0.15) is 0 Å². The molecule has 0 spiro atoms. The second-order valence-corrected chi connectivity index (χ2v) is 3.11. The van der Waals surface area contributed by atoms with Crippen molar-refractivity contribution in [1.82, 2.24) is 0 Å². The highest BCUT2D eigenvalue weighted by atomic mass is 16.5. The van der Waals surface area contributed by atoms with E-state index in [-0.39, 0.29) is 5.78 Å². The summed E-state index contributed by atoms with van der Waals surface area (Å²) in [5.74, 6) is 1.02. The Morgan fingerprint density at radius 2 is 2.29 bits per heavy atom. The number of likely N-dealkylation sites (N-methyl/N-ethyl adjacent to an activating group) is 1. The van der Waals surface area contributed by atoms with Gasteiger partial charge in [-0.25, -0.2) is 0 Å². The van der Waals surface area contributed by atoms with Gasteiger partial charge in [0.05, 0.1) is 6.61 Å². The molecule has 78 valence electrons. The number of anilines is 1. The molecule has 0 N–H and O–H groups in total. The number of hydrogen-bond acceptors (Lipinski definition) is 4. The summed E-state index contributed by atoms with van der Waals surface area (Å²) in [6.07, 6.45) is 0. The lowest BCUT2D eigenvalue weighted by Crippen LogP contribution is -2.21. The van der Waals surface area contributed by atoms with Gasteiger partial charge in [-0.15, -0.1) is 0 Å². The summed E-state index contributed by atoms with van der Waals surface area (Å²) < 4.78 is 10.3. The molecular weight excluding hydrogens is 182 g/mol. The zero-order valence-corrected chi connectivity index (χ0v) is 8.74. The number of ether oxygens (including phenoxy) is 1. The lowest BCUT2D eigenvalue weighted by atomic mass is 10.3. The molecule has 0 saturated heterocycles. The maximum Gasteiger partial charge on any atom is 0.196 e. The summed E-state index contributed by atoms with van der Waals surface area (Å²) in [7, 11) is 3.54. The van der Waals surface area contributed by atoms with Gasteiger partial charge in [0.15, 0.2) is 17.4 Å². The summed E-state index contributed by atoms with van der Waals surface area (Å²) in [5, 5.41) is 0. The van der Waals surface area contributed by atoms with Gasteiger partial charge in [0.25, 0.3) is 0 Å². The van der Waals surface area contributed by atoms with Gasteiger partial charge in [0.2, 0.25) is 0 Å². The smallest absolute Gasteiger partial charge is 0.196 e. The zero-order valence-electron chi connectivity index (χ0n) is 8.74. The summed E-state index contributed by atoms with van der Waals surface area (Å²) in [5.41, 5.74) is 0. The maximum atomic E-state index is 11.0. The van der Waals surface area contributed by atoms with Gasteiger partial charge in [0, 0.05) is 33.7 Å². The van der Waals surface area contributed by atoms with Gasteiger partial charge in [0.1, 0.15) is 0 Å². The standard InChI is InChI=1S/C10H15NO3/c1-8(12)9-4-5-10(14-9)11(2)6-7-13-3/h4-5H,6-7H2,1-3H3. The highest BCUT2D eigenvalue weighted by Gasteiger charge is 2.08. The highest BCUT2D eigenvalue weighted by Crippen LogP contribution is 2.17. The summed E-state index contributed by atoms with van der Waals surface area (Å²) >= 11 is 0. The van der Waals surface area contributed by atoms with Crippen molar-refractivity contribution in [3.8, 4) is 0 Å². The fourth-order valence-electron chi connectivity index (χ4n) is 1.06. The molecule has 1 heterocycles. The van der Waals surface area contributed by atoms with Crippen molar-refractivity contribution in [3.63, 3.8) is 0 Å². The van der Waals surface area contributed by atoms with Crippen LogP contribution in [0, 0.1) is 0 Å². The van der Waals surface area contributed by atoms with Crippen LogP contribution in [0.3, 0.4) is 0 Å². The first-order valence-electron chi connectivity index (χ1n) is 4.46. The Balaban J connectivity index is 2.61. The first-order valence-corrected chi connectivity index (χ1v) is 4.46. The minimum Gasteiger partial charge on any atom is -0.437 e. The van der Waals surface area contributed by atoms with Crippen LogP contribution in [-0.4, -0.2) is 33.1 Å². The van der Waals surface area contributed by atoms with Crippen LogP contribution in [-0.2, 0) is 4.74 Å². The van der Waals surface area contributed by atoms with Crippen LogP contribution in [0.2, 0.25) is 0 Å². The fourth-order valence-corrected chi connectivity index (χ4v) is 1.06. The minimum absolute atomic E-state index is 0.0589. The van der Waals surface area contributed by atoms with E-state index in [0.717, 1.165) is 6.54 Å². The number of Topliss-reactive ketones (excluding diaryl/α,β-unsaturated/α-hetero) is 1. The van der Waals surface area contributed by atoms with Gasteiger partial charge < -0.3 is 14.1 Å². The largest absolute Gasteiger partial charge is 0.437 e. The quantitative estimate of drug-likeness (QED) is 0.672. The Morgan fingerprint density at radius 3 is 2.79 bits per heavy atom. The van der Waals surface area contributed by atoms with E-state index in [9.17, 15) is 4.79 Å². The van der Waals surface area contributed by atoms with E-state index in [1.54, 1.807) is 19.2 Å². The summed E-state index contributed by atoms with van der Waals surface area (Å²) in [6, 6.07) is 3.47. The van der Waals surface area contributed by atoms with Crippen molar-refractivity contribution in [1.29, 1.82) is 0 Å². The van der Waals surface area contributed by atoms with Crippen LogP contribution < -0.4 is 4.90 Å². The molecule has 0 amide bonds. The fraction of sp³-hybridized carbons (Fsp3) is 0.500. The zero-order chi connectivity index (χ0) is 10.6. The third-order valence-corrected chi connectivity index (χ3v) is 1.95. The SMILES string of the molecule is COCCN(C)c1ccc(C(C)=O)o1. The average molecular weight is 197 g/mol. The van der Waals surface area contributed by atoms with E-state index in [2.05, 4.69) is 0 Å². The molecule has 0 aromatic carbocycles. The molecule has 14 heavy (non-hydrogen) atoms. The van der Waals surface area contributed by atoms with Crippen LogP contribution in [0.15, 0.2) is 16.5 Å². The van der Waals surface area contributed by atoms with Crippen molar-refractivity contribution < 1.29 is 13.9 Å². The predicted octanol–water partition coefficient (Wildman–Crippen LogP) is 1.56. The normalized spacial score (nSPS) is 10.2. The van der Waals surface area contributed by atoms with Gasteiger partial charge >= 0.3 is 0 Å². The lowest BCUT2D eigenvalue weighted by Gasteiger charge is -2.14. The summed E-state index contributed by atoms with van der Waals surface area (Å²) in [6.45, 7) is 2.85. The molecule has 0 aliphatic heterocycles. The van der Waals surface area contributed by atoms with Crippen molar-refractivity contribution in [3.05, 3.63) is 17.9 Å². The van der Waals surface area contributed by atoms with Crippen molar-refractivity contribution in [2.75, 3.05) is 32.2 Å². The minimum atomic E-state index is -0.0589. The molecular formula is C10H15NO3. The Morgan fingerprint density at radius 1 is 1.57 bits per heavy atom. The maximum absolute atomic E-state index is 11.0. The van der Waals surface area contributed by atoms with E-state index in [1.807, 2.05) is 11.9 Å². The second-order valence-electron chi connectivity index (χ2n) is 3.11. The van der Waals surface area contributed by atoms with E-state index in [4.69, 9.17) is 9.15 Å². The molecule has 0 bridgehead atoms. The van der Waals surface area contributed by atoms with E-state index in [0.29, 0.717) is 18.3 Å².